The fraction of sp³-hybridized carbons (Fsp3) is 0. The molecule has 0 aromatic heterocycles. The van der Waals surface area contributed by atoms with Gasteiger partial charge in [-0.2, -0.15) is 23.8 Å². The van der Waals surface area contributed by atoms with Crippen LogP contribution in [0.2, 0.25) is 10.0 Å². The number of hydrogen-bond acceptors (Lipinski definition) is 10. The predicted molar refractivity (Wildman–Crippen MR) is 165 cm³/mol. The minimum absolute atomic E-state index is 0.0846. The van der Waals surface area contributed by atoms with Crippen LogP contribution in [0.4, 0.5) is 28.4 Å². The van der Waals surface area contributed by atoms with Crippen molar-refractivity contribution >= 4 is 78.5 Å². The molecule has 0 unspecified atom stereocenters. The normalized spacial score (nSPS) is 12.0. The highest BCUT2D eigenvalue weighted by Crippen LogP contribution is 2.41. The third kappa shape index (κ3) is 6.31. The Morgan fingerprint density at radius 1 is 0.705 bits per heavy atom. The van der Waals surface area contributed by atoms with Crippen LogP contribution in [0.3, 0.4) is 0 Å². The monoisotopic (exact) mass is 651 g/mol. The zero-order chi connectivity index (χ0) is 31.8. The molecule has 0 saturated heterocycles. The number of nitrogen functional groups attached to an aromatic ring is 1. The van der Waals surface area contributed by atoms with Crippen molar-refractivity contribution in [2.75, 3.05) is 5.73 Å². The topological polar surface area (TPSA) is 208 Å². The maximum Gasteiger partial charge on any atom is 0.339 e. The molecular weight excluding hydrogens is 633 g/mol. The molecule has 0 heterocycles. The van der Waals surface area contributed by atoms with E-state index >= 15 is 0 Å². The summed E-state index contributed by atoms with van der Waals surface area (Å²) >= 11 is 13.1. The number of carboxylic acid groups (broad SMARTS) is 1. The van der Waals surface area contributed by atoms with E-state index in [0.29, 0.717) is 27.5 Å². The van der Waals surface area contributed by atoms with Crippen molar-refractivity contribution in [3.8, 4) is 22.6 Å². The standard InChI is InChI=1S/C29H19Cl2N5O7S/c30-22-11-16(34-33-15-4-8-25(37)21(10-15)29(39)40)2-5-19(22)20-6-3-17(12-23(20)31)35-36-28-24(32)7-1-14-9-18(44(41,42)43)13-26(38)27(14)28/h1-13,37-38H,32H2,(H,39,40)(H,41,42,43). The molecule has 44 heavy (non-hydrogen) atoms. The fourth-order valence-electron chi connectivity index (χ4n) is 4.22. The van der Waals surface area contributed by atoms with E-state index in [4.69, 9.17) is 34.0 Å². The number of benzene rings is 5. The van der Waals surface area contributed by atoms with Crippen LogP contribution in [-0.2, 0) is 10.1 Å². The Hall–Kier alpha value is -5.08. The van der Waals surface area contributed by atoms with Crippen molar-refractivity contribution in [3.05, 3.63) is 94.5 Å². The van der Waals surface area contributed by atoms with Crippen LogP contribution in [0.25, 0.3) is 21.9 Å². The molecule has 15 heteroatoms. The average molecular weight is 652 g/mol. The first kappa shape index (κ1) is 30.4. The third-order valence-corrected chi connectivity index (χ3v) is 7.78. The highest BCUT2D eigenvalue weighted by Gasteiger charge is 2.17. The van der Waals surface area contributed by atoms with Crippen molar-refractivity contribution in [1.29, 1.82) is 0 Å². The van der Waals surface area contributed by atoms with Gasteiger partial charge in [0.25, 0.3) is 10.1 Å². The first-order valence-corrected chi connectivity index (χ1v) is 14.5. The molecule has 0 aliphatic carbocycles. The SMILES string of the molecule is Nc1ccc2cc(S(=O)(=O)O)cc(O)c2c1N=Nc1ccc(-c2ccc(N=Nc3ccc(O)c(C(=O)O)c3)cc2Cl)c(Cl)c1. The van der Waals surface area contributed by atoms with Gasteiger partial charge in [0.15, 0.2) is 0 Å². The lowest BCUT2D eigenvalue weighted by molar-refractivity contribution is 0.0693. The van der Waals surface area contributed by atoms with Gasteiger partial charge in [-0.1, -0.05) is 41.4 Å². The van der Waals surface area contributed by atoms with E-state index in [-0.39, 0.29) is 44.2 Å². The van der Waals surface area contributed by atoms with Crippen molar-refractivity contribution in [2.45, 2.75) is 4.90 Å². The van der Waals surface area contributed by atoms with E-state index in [1.165, 1.54) is 42.5 Å². The van der Waals surface area contributed by atoms with Crippen LogP contribution < -0.4 is 5.73 Å². The Morgan fingerprint density at radius 2 is 1.25 bits per heavy atom. The van der Waals surface area contributed by atoms with E-state index in [2.05, 4.69) is 20.5 Å². The number of aromatic carboxylic acids is 1. The van der Waals surface area contributed by atoms with Crippen molar-refractivity contribution in [1.82, 2.24) is 0 Å². The Bertz CT molecular complexity index is 2150. The van der Waals surface area contributed by atoms with Crippen LogP contribution in [0, 0.1) is 0 Å². The zero-order valence-corrected chi connectivity index (χ0v) is 24.4. The first-order chi connectivity index (χ1) is 20.8. The third-order valence-electron chi connectivity index (χ3n) is 6.32. The number of aromatic hydroxyl groups is 2. The molecule has 0 amide bonds. The number of carboxylic acids is 1. The second kappa shape index (κ2) is 11.9. The number of rotatable bonds is 7. The predicted octanol–water partition coefficient (Wildman–Crippen LogP) is 8.58. The number of halogens is 2. The summed E-state index contributed by atoms with van der Waals surface area (Å²) in [6.45, 7) is 0. The minimum Gasteiger partial charge on any atom is -0.507 e. The fourth-order valence-corrected chi connectivity index (χ4v) is 5.31. The second-order valence-corrected chi connectivity index (χ2v) is 11.5. The van der Waals surface area contributed by atoms with E-state index in [9.17, 15) is 28.0 Å². The Labute approximate surface area is 259 Å². The summed E-state index contributed by atoms with van der Waals surface area (Å²) < 4.78 is 32.4. The van der Waals surface area contributed by atoms with Gasteiger partial charge in [-0.3, -0.25) is 4.55 Å². The molecule has 0 spiro atoms. The lowest BCUT2D eigenvalue weighted by Gasteiger charge is -2.09. The summed E-state index contributed by atoms with van der Waals surface area (Å²) in [5.41, 5.74) is 8.09. The summed E-state index contributed by atoms with van der Waals surface area (Å²) in [6, 6.07) is 18.5. The highest BCUT2D eigenvalue weighted by molar-refractivity contribution is 7.85. The Morgan fingerprint density at radius 3 is 1.80 bits per heavy atom. The number of hydrogen-bond donors (Lipinski definition) is 5. The second-order valence-electron chi connectivity index (χ2n) is 9.25. The Balaban J connectivity index is 1.41. The molecule has 0 fully saturated rings. The largest absolute Gasteiger partial charge is 0.507 e. The summed E-state index contributed by atoms with van der Waals surface area (Å²) in [6.07, 6.45) is 0. The molecule has 222 valence electrons. The van der Waals surface area contributed by atoms with Crippen LogP contribution in [0.1, 0.15) is 10.4 Å². The molecule has 0 aliphatic rings. The van der Waals surface area contributed by atoms with Gasteiger partial charge in [-0.25, -0.2) is 4.79 Å². The number of carbonyl (C=O) groups is 1. The molecule has 0 radical (unpaired) electrons. The van der Waals surface area contributed by atoms with Gasteiger partial charge in [-0.15, -0.1) is 5.11 Å². The highest BCUT2D eigenvalue weighted by atomic mass is 35.5. The number of fused-ring (bicyclic) bond motifs is 1. The smallest absolute Gasteiger partial charge is 0.339 e. The van der Waals surface area contributed by atoms with Gasteiger partial charge in [0.1, 0.15) is 22.7 Å². The summed E-state index contributed by atoms with van der Waals surface area (Å²) in [4.78, 5) is 10.7. The molecule has 0 atom stereocenters. The number of phenolic OH excluding ortho intramolecular Hbond substituents is 1. The molecule has 5 rings (SSSR count). The summed E-state index contributed by atoms with van der Waals surface area (Å²) in [5.74, 6) is -2.15. The molecule has 0 bridgehead atoms. The molecule has 6 N–H and O–H groups in total. The van der Waals surface area contributed by atoms with Gasteiger partial charge in [-0.05, 0) is 60.0 Å². The van der Waals surface area contributed by atoms with Crippen LogP contribution in [0.5, 0.6) is 11.5 Å². The molecule has 5 aromatic rings. The molecule has 12 nitrogen and oxygen atoms in total. The van der Waals surface area contributed by atoms with Crippen molar-refractivity contribution in [2.24, 2.45) is 20.5 Å². The van der Waals surface area contributed by atoms with Gasteiger partial charge < -0.3 is 21.1 Å². The first-order valence-electron chi connectivity index (χ1n) is 12.3. The maximum atomic E-state index is 11.5. The minimum atomic E-state index is -4.56. The van der Waals surface area contributed by atoms with Crippen molar-refractivity contribution in [3.63, 3.8) is 0 Å². The lowest BCUT2D eigenvalue weighted by atomic mass is 10.0. The molecule has 5 aromatic carbocycles. The molecular formula is C29H19Cl2N5O7S. The van der Waals surface area contributed by atoms with E-state index < -0.39 is 26.7 Å². The molecule has 0 saturated carbocycles. The number of phenols is 2. The number of azo groups is 2. The number of nitrogens with zero attached hydrogens (tertiary/aromatic N) is 4. The summed E-state index contributed by atoms with van der Waals surface area (Å²) in [5, 5.41) is 46.7. The average Bonchev–Trinajstić information content (AvgIpc) is 2.96. The zero-order valence-electron chi connectivity index (χ0n) is 22.0. The van der Waals surface area contributed by atoms with Gasteiger partial charge in [0.2, 0.25) is 0 Å². The van der Waals surface area contributed by atoms with Gasteiger partial charge in [0, 0.05) is 17.2 Å². The van der Waals surface area contributed by atoms with E-state index in [1.807, 2.05) is 0 Å². The number of nitrogens with two attached hydrogens (primary N) is 1. The van der Waals surface area contributed by atoms with Crippen molar-refractivity contribution < 1.29 is 33.1 Å². The Kier molecular flexibility index (Phi) is 8.21. The van der Waals surface area contributed by atoms with E-state index in [0.717, 1.165) is 6.07 Å². The quantitative estimate of drug-likeness (QED) is 0.0652. The van der Waals surface area contributed by atoms with Crippen LogP contribution >= 0.6 is 23.2 Å². The number of anilines is 1. The van der Waals surface area contributed by atoms with Gasteiger partial charge in [0.05, 0.1) is 43.1 Å². The van der Waals surface area contributed by atoms with E-state index in [1.54, 1.807) is 30.3 Å². The maximum absolute atomic E-state index is 11.5. The lowest BCUT2D eigenvalue weighted by Crippen LogP contribution is -1.98. The molecule has 0 aliphatic heterocycles. The van der Waals surface area contributed by atoms with Crippen LogP contribution in [0.15, 0.2) is 104 Å². The van der Waals surface area contributed by atoms with Gasteiger partial charge >= 0.3 is 5.97 Å². The summed E-state index contributed by atoms with van der Waals surface area (Å²) in [7, 11) is -4.56. The van der Waals surface area contributed by atoms with Crippen LogP contribution in [-0.4, -0.2) is 34.3 Å².